The second kappa shape index (κ2) is 12.6. The van der Waals surface area contributed by atoms with E-state index in [1.54, 1.807) is 53.4 Å². The first-order valence-electron chi connectivity index (χ1n) is 12.3. The van der Waals surface area contributed by atoms with Crippen LogP contribution in [0.25, 0.3) is 10.2 Å². The Morgan fingerprint density at radius 2 is 1.54 bits per heavy atom. The van der Waals surface area contributed by atoms with Gasteiger partial charge in [-0.05, 0) is 66.7 Å². The van der Waals surface area contributed by atoms with Crippen LogP contribution in [-0.2, 0) is 4.74 Å². The fourth-order valence-corrected chi connectivity index (χ4v) is 5.21. The van der Waals surface area contributed by atoms with Gasteiger partial charge in [-0.25, -0.2) is 14.6 Å². The lowest BCUT2D eigenvalue weighted by atomic mass is 10.2. The first kappa shape index (κ1) is 27.2. The zero-order chi connectivity index (χ0) is 27.2. The topological polar surface area (TPSA) is 98.8 Å². The minimum Gasteiger partial charge on any atom is -0.379 e. The molecule has 39 heavy (non-hydrogen) atoms. The summed E-state index contributed by atoms with van der Waals surface area (Å²) < 4.78 is 6.29. The molecule has 1 aliphatic rings. The predicted octanol–water partition coefficient (Wildman–Crippen LogP) is 6.62. The second-order valence-corrected chi connectivity index (χ2v) is 10.7. The molecule has 12 heteroatoms. The van der Waals surface area contributed by atoms with Gasteiger partial charge in [0.15, 0.2) is 5.13 Å². The van der Waals surface area contributed by atoms with Crippen LogP contribution in [0, 0.1) is 0 Å². The molecule has 5 rings (SSSR count). The van der Waals surface area contributed by atoms with Crippen LogP contribution in [0.1, 0.15) is 0 Å². The van der Waals surface area contributed by atoms with Crippen molar-refractivity contribution in [2.24, 2.45) is 0 Å². The molecule has 0 aliphatic carbocycles. The van der Waals surface area contributed by atoms with Gasteiger partial charge in [0.25, 0.3) is 0 Å². The van der Waals surface area contributed by atoms with Crippen molar-refractivity contribution < 1.29 is 14.3 Å². The summed E-state index contributed by atoms with van der Waals surface area (Å²) in [6.45, 7) is 4.21. The number of thiazole rings is 1. The van der Waals surface area contributed by atoms with Crippen molar-refractivity contribution in [2.75, 3.05) is 60.2 Å². The molecular formula is C27H26Cl2N6O3S. The molecule has 1 aromatic heterocycles. The molecule has 2 heterocycles. The zero-order valence-electron chi connectivity index (χ0n) is 20.8. The van der Waals surface area contributed by atoms with Gasteiger partial charge in [-0.1, -0.05) is 34.5 Å². The zero-order valence-corrected chi connectivity index (χ0v) is 23.2. The van der Waals surface area contributed by atoms with Crippen molar-refractivity contribution in [3.8, 4) is 0 Å². The molecule has 3 N–H and O–H groups in total. The largest absolute Gasteiger partial charge is 0.379 e. The van der Waals surface area contributed by atoms with Crippen LogP contribution in [0.15, 0.2) is 66.7 Å². The molecular weight excluding hydrogens is 559 g/mol. The van der Waals surface area contributed by atoms with E-state index in [2.05, 4.69) is 25.8 Å². The standard InChI is InChI=1S/C27H26Cl2N6O3S/c28-18-1-5-20(6-2-18)30-25(36)33-26-32-23-10-9-22(17-24(23)39-26)35(12-11-34-13-15-38-16-14-34)27(37)31-21-7-3-19(29)4-8-21/h1-10,17H,11-16H2,(H,31,37)(H2,30,32,33,36). The van der Waals surface area contributed by atoms with Crippen molar-refractivity contribution >= 4 is 79.0 Å². The number of nitrogens with one attached hydrogen (secondary N) is 3. The fourth-order valence-electron chi connectivity index (χ4n) is 4.07. The molecule has 4 aromatic rings. The number of morpholine rings is 1. The molecule has 1 aliphatic heterocycles. The number of anilines is 4. The van der Waals surface area contributed by atoms with Gasteiger partial charge in [0.2, 0.25) is 0 Å². The average Bonchev–Trinajstić information content (AvgIpc) is 3.33. The van der Waals surface area contributed by atoms with Crippen LogP contribution in [-0.4, -0.2) is 61.3 Å². The molecule has 1 saturated heterocycles. The van der Waals surface area contributed by atoms with E-state index in [4.69, 9.17) is 27.9 Å². The number of nitrogens with zero attached hydrogens (tertiary/aromatic N) is 3. The molecule has 0 spiro atoms. The molecule has 202 valence electrons. The van der Waals surface area contributed by atoms with E-state index < -0.39 is 6.03 Å². The Morgan fingerprint density at radius 1 is 0.897 bits per heavy atom. The van der Waals surface area contributed by atoms with Gasteiger partial charge in [0, 0.05) is 53.3 Å². The third-order valence-corrected chi connectivity index (χ3v) is 7.53. The number of halogens is 2. The van der Waals surface area contributed by atoms with E-state index in [9.17, 15) is 9.59 Å². The summed E-state index contributed by atoms with van der Waals surface area (Å²) in [4.78, 5) is 34.4. The maximum absolute atomic E-state index is 13.4. The van der Waals surface area contributed by atoms with Gasteiger partial charge >= 0.3 is 12.1 Å². The molecule has 0 unspecified atom stereocenters. The maximum Gasteiger partial charge on any atom is 0.326 e. The van der Waals surface area contributed by atoms with E-state index in [-0.39, 0.29) is 6.03 Å². The summed E-state index contributed by atoms with van der Waals surface area (Å²) in [5, 5.41) is 10.1. The van der Waals surface area contributed by atoms with E-state index in [0.29, 0.717) is 52.9 Å². The van der Waals surface area contributed by atoms with Crippen molar-refractivity contribution in [1.29, 1.82) is 0 Å². The summed E-state index contributed by atoms with van der Waals surface area (Å²) >= 11 is 13.2. The lowest BCUT2D eigenvalue weighted by Gasteiger charge is -2.30. The minimum atomic E-state index is -0.411. The summed E-state index contributed by atoms with van der Waals surface area (Å²) in [5.74, 6) is 0. The second-order valence-electron chi connectivity index (χ2n) is 8.80. The number of carbonyl (C=O) groups excluding carboxylic acids is 2. The van der Waals surface area contributed by atoms with Gasteiger partial charge < -0.3 is 15.4 Å². The Morgan fingerprint density at radius 3 is 2.21 bits per heavy atom. The van der Waals surface area contributed by atoms with Gasteiger partial charge in [-0.15, -0.1) is 0 Å². The minimum absolute atomic E-state index is 0.255. The van der Waals surface area contributed by atoms with Gasteiger partial charge in [-0.2, -0.15) is 0 Å². The summed E-state index contributed by atoms with van der Waals surface area (Å²) in [5.41, 5.74) is 2.71. The number of fused-ring (bicyclic) bond motifs is 1. The summed E-state index contributed by atoms with van der Waals surface area (Å²) in [6, 6.07) is 18.8. The Labute approximate surface area is 239 Å². The number of benzene rings is 3. The first-order valence-corrected chi connectivity index (χ1v) is 13.9. The number of amides is 4. The Bertz CT molecular complexity index is 1440. The Balaban J connectivity index is 1.32. The number of aromatic nitrogens is 1. The molecule has 3 aromatic carbocycles. The average molecular weight is 586 g/mol. The smallest absolute Gasteiger partial charge is 0.326 e. The molecule has 0 atom stereocenters. The fraction of sp³-hybridized carbons (Fsp3) is 0.222. The number of rotatable bonds is 7. The SMILES string of the molecule is O=C(Nc1ccc(Cl)cc1)Nc1nc2ccc(N(CCN3CCOCC3)C(=O)Nc3ccc(Cl)cc3)cc2s1. The molecule has 0 bridgehead atoms. The molecule has 9 nitrogen and oxygen atoms in total. The first-order chi connectivity index (χ1) is 18.9. The highest BCUT2D eigenvalue weighted by Crippen LogP contribution is 2.30. The lowest BCUT2D eigenvalue weighted by molar-refractivity contribution is 0.0393. The number of ether oxygens (including phenoxy) is 1. The van der Waals surface area contributed by atoms with Crippen LogP contribution in [0.3, 0.4) is 0 Å². The normalized spacial score (nSPS) is 13.7. The van der Waals surface area contributed by atoms with Crippen molar-refractivity contribution in [3.05, 3.63) is 76.8 Å². The van der Waals surface area contributed by atoms with Crippen LogP contribution >= 0.6 is 34.5 Å². The lowest BCUT2D eigenvalue weighted by Crippen LogP contribution is -2.44. The molecule has 4 amide bonds. The van der Waals surface area contributed by atoms with Gasteiger partial charge in [0.1, 0.15) is 0 Å². The van der Waals surface area contributed by atoms with Crippen molar-refractivity contribution in [1.82, 2.24) is 9.88 Å². The highest BCUT2D eigenvalue weighted by atomic mass is 35.5. The monoisotopic (exact) mass is 584 g/mol. The number of hydrogen-bond donors (Lipinski definition) is 3. The van der Waals surface area contributed by atoms with E-state index in [0.717, 1.165) is 29.0 Å². The summed E-state index contributed by atoms with van der Waals surface area (Å²) in [7, 11) is 0. The highest BCUT2D eigenvalue weighted by molar-refractivity contribution is 7.22. The van der Waals surface area contributed by atoms with Gasteiger partial charge in [0.05, 0.1) is 23.4 Å². The van der Waals surface area contributed by atoms with Crippen molar-refractivity contribution in [2.45, 2.75) is 0 Å². The van der Waals surface area contributed by atoms with E-state index in [1.807, 2.05) is 18.2 Å². The van der Waals surface area contributed by atoms with Crippen LogP contribution in [0.2, 0.25) is 10.0 Å². The van der Waals surface area contributed by atoms with Crippen LogP contribution in [0.4, 0.5) is 31.8 Å². The van der Waals surface area contributed by atoms with Crippen molar-refractivity contribution in [3.63, 3.8) is 0 Å². The van der Waals surface area contributed by atoms with E-state index in [1.165, 1.54) is 11.3 Å². The van der Waals surface area contributed by atoms with Crippen LogP contribution in [0.5, 0.6) is 0 Å². The summed E-state index contributed by atoms with van der Waals surface area (Å²) in [6.07, 6.45) is 0. The Kier molecular flexibility index (Phi) is 8.80. The van der Waals surface area contributed by atoms with Gasteiger partial charge in [-0.3, -0.25) is 15.1 Å². The molecule has 0 radical (unpaired) electrons. The third kappa shape index (κ3) is 7.37. The predicted molar refractivity (Wildman–Crippen MR) is 159 cm³/mol. The Hall–Kier alpha value is -3.41. The highest BCUT2D eigenvalue weighted by Gasteiger charge is 2.20. The number of hydrogen-bond acceptors (Lipinski definition) is 6. The van der Waals surface area contributed by atoms with E-state index >= 15 is 0 Å². The van der Waals surface area contributed by atoms with Crippen LogP contribution < -0.4 is 20.9 Å². The number of urea groups is 2. The quantitative estimate of drug-likeness (QED) is 0.227. The third-order valence-electron chi connectivity index (χ3n) is 6.09. The number of carbonyl (C=O) groups is 2. The molecule has 1 fully saturated rings. The molecule has 0 saturated carbocycles. The maximum atomic E-state index is 13.4.